The first-order chi connectivity index (χ1) is 14.6. The smallest absolute Gasteiger partial charge is 0.357 e. The van der Waals surface area contributed by atoms with Crippen molar-refractivity contribution in [2.75, 3.05) is 27.2 Å². The second-order valence-corrected chi connectivity index (χ2v) is 7.07. The SMILES string of the molecule is CCNC(=NCc1ccc(F)cc1C(F)(F)F)NCCc1cccc(C(=O)N(C)C)c1.I. The molecule has 0 unspecified atom stereocenters. The summed E-state index contributed by atoms with van der Waals surface area (Å²) in [4.78, 5) is 17.8. The molecule has 0 bridgehead atoms. The van der Waals surface area contributed by atoms with Crippen LogP contribution in [0.4, 0.5) is 17.6 Å². The number of hydrogen-bond acceptors (Lipinski definition) is 2. The first-order valence-corrected chi connectivity index (χ1v) is 9.80. The van der Waals surface area contributed by atoms with Crippen LogP contribution >= 0.6 is 24.0 Å². The Balaban J connectivity index is 0.00000512. The molecule has 5 nitrogen and oxygen atoms in total. The number of aliphatic imine (C=N–C) groups is 1. The van der Waals surface area contributed by atoms with Crippen molar-refractivity contribution in [3.63, 3.8) is 0 Å². The van der Waals surface area contributed by atoms with Gasteiger partial charge in [-0.2, -0.15) is 13.2 Å². The van der Waals surface area contributed by atoms with E-state index >= 15 is 0 Å². The van der Waals surface area contributed by atoms with E-state index in [1.165, 1.54) is 4.90 Å². The molecule has 0 aliphatic heterocycles. The third-order valence-corrected chi connectivity index (χ3v) is 4.42. The van der Waals surface area contributed by atoms with E-state index < -0.39 is 17.6 Å². The average Bonchev–Trinajstić information content (AvgIpc) is 2.71. The van der Waals surface area contributed by atoms with Gasteiger partial charge in [0.2, 0.25) is 0 Å². The van der Waals surface area contributed by atoms with Crippen LogP contribution in [0.1, 0.15) is 34.0 Å². The summed E-state index contributed by atoms with van der Waals surface area (Å²) in [7, 11) is 3.36. The summed E-state index contributed by atoms with van der Waals surface area (Å²) in [5.41, 5.74) is 0.378. The van der Waals surface area contributed by atoms with Crippen LogP contribution < -0.4 is 10.6 Å². The molecule has 2 rings (SSSR count). The van der Waals surface area contributed by atoms with Crippen LogP contribution in [0.5, 0.6) is 0 Å². The van der Waals surface area contributed by atoms with Crippen LogP contribution in [0, 0.1) is 5.82 Å². The van der Waals surface area contributed by atoms with E-state index in [4.69, 9.17) is 0 Å². The van der Waals surface area contributed by atoms with Crippen molar-refractivity contribution in [2.24, 2.45) is 4.99 Å². The third kappa shape index (κ3) is 8.29. The molecule has 2 N–H and O–H groups in total. The molecule has 2 aromatic rings. The fraction of sp³-hybridized carbons (Fsp3) is 0.364. The highest BCUT2D eigenvalue weighted by Gasteiger charge is 2.33. The maximum atomic E-state index is 13.3. The molecule has 0 aromatic heterocycles. The Morgan fingerprint density at radius 2 is 1.81 bits per heavy atom. The quantitative estimate of drug-likeness (QED) is 0.225. The lowest BCUT2D eigenvalue weighted by atomic mass is 10.1. The van der Waals surface area contributed by atoms with Gasteiger partial charge in [0.15, 0.2) is 5.96 Å². The average molecular weight is 566 g/mol. The number of guanidine groups is 1. The summed E-state index contributed by atoms with van der Waals surface area (Å²) < 4.78 is 52.7. The maximum absolute atomic E-state index is 13.3. The lowest BCUT2D eigenvalue weighted by Gasteiger charge is -2.14. The van der Waals surface area contributed by atoms with Gasteiger partial charge in [-0.3, -0.25) is 4.79 Å². The molecule has 0 spiro atoms. The monoisotopic (exact) mass is 566 g/mol. The van der Waals surface area contributed by atoms with Gasteiger partial charge in [0.1, 0.15) is 5.82 Å². The Kier molecular flexibility index (Phi) is 10.9. The Labute approximate surface area is 202 Å². The number of hydrogen-bond donors (Lipinski definition) is 2. The molecule has 0 radical (unpaired) electrons. The lowest BCUT2D eigenvalue weighted by Crippen LogP contribution is -2.38. The molecule has 10 heteroatoms. The summed E-state index contributed by atoms with van der Waals surface area (Å²) >= 11 is 0. The summed E-state index contributed by atoms with van der Waals surface area (Å²) in [6.45, 7) is 2.57. The topological polar surface area (TPSA) is 56.7 Å². The van der Waals surface area contributed by atoms with Gasteiger partial charge in [-0.15, -0.1) is 24.0 Å². The van der Waals surface area contributed by atoms with Crippen molar-refractivity contribution in [1.82, 2.24) is 15.5 Å². The van der Waals surface area contributed by atoms with Gasteiger partial charge in [-0.1, -0.05) is 18.2 Å². The van der Waals surface area contributed by atoms with Gasteiger partial charge in [-0.05, 0) is 48.7 Å². The van der Waals surface area contributed by atoms with E-state index in [1.807, 2.05) is 19.1 Å². The molecule has 0 aliphatic carbocycles. The van der Waals surface area contributed by atoms with E-state index in [9.17, 15) is 22.4 Å². The van der Waals surface area contributed by atoms with E-state index in [1.54, 1.807) is 26.2 Å². The normalized spacial score (nSPS) is 11.5. The Morgan fingerprint density at radius 3 is 2.44 bits per heavy atom. The predicted molar refractivity (Wildman–Crippen MR) is 128 cm³/mol. The number of carbonyl (C=O) groups excluding carboxylic acids is 1. The molecule has 0 atom stereocenters. The third-order valence-electron chi connectivity index (χ3n) is 4.42. The van der Waals surface area contributed by atoms with Crippen LogP contribution in [0.3, 0.4) is 0 Å². The van der Waals surface area contributed by atoms with E-state index in [-0.39, 0.29) is 42.0 Å². The molecule has 1 amide bonds. The van der Waals surface area contributed by atoms with E-state index in [0.29, 0.717) is 37.1 Å². The highest BCUT2D eigenvalue weighted by molar-refractivity contribution is 14.0. The second kappa shape index (κ2) is 12.6. The number of rotatable bonds is 7. The predicted octanol–water partition coefficient (Wildman–Crippen LogP) is 4.46. The van der Waals surface area contributed by atoms with Gasteiger partial charge >= 0.3 is 6.18 Å². The number of benzene rings is 2. The molecular formula is C22H27F4IN4O. The lowest BCUT2D eigenvalue weighted by molar-refractivity contribution is -0.138. The van der Waals surface area contributed by atoms with Crippen LogP contribution in [-0.4, -0.2) is 44.0 Å². The molecule has 176 valence electrons. The van der Waals surface area contributed by atoms with Crippen molar-refractivity contribution in [3.05, 3.63) is 70.5 Å². The maximum Gasteiger partial charge on any atom is 0.416 e. The standard InChI is InChI=1S/C22H26F4N4O.HI/c1-4-27-21(29-14-17-8-9-18(23)13-19(17)22(24,25)26)28-11-10-15-6-5-7-16(12-15)20(31)30(2)3;/h5-9,12-13H,4,10-11,14H2,1-3H3,(H2,27,28,29);1H. The summed E-state index contributed by atoms with van der Waals surface area (Å²) in [6, 6.07) is 9.81. The van der Waals surface area contributed by atoms with E-state index in [0.717, 1.165) is 17.7 Å². The van der Waals surface area contributed by atoms with Gasteiger partial charge in [0.25, 0.3) is 5.91 Å². The van der Waals surface area contributed by atoms with Gasteiger partial charge < -0.3 is 15.5 Å². The number of alkyl halides is 3. The fourth-order valence-electron chi connectivity index (χ4n) is 2.90. The zero-order chi connectivity index (χ0) is 23.0. The molecule has 0 aliphatic rings. The van der Waals surface area contributed by atoms with Gasteiger partial charge in [-0.25, -0.2) is 9.38 Å². The molecule has 0 saturated heterocycles. The van der Waals surface area contributed by atoms with Crippen LogP contribution in [0.2, 0.25) is 0 Å². The van der Waals surface area contributed by atoms with Crippen LogP contribution in [0.15, 0.2) is 47.5 Å². The number of nitrogens with zero attached hydrogens (tertiary/aromatic N) is 2. The Hall–Kier alpha value is -2.37. The zero-order valence-electron chi connectivity index (χ0n) is 18.1. The summed E-state index contributed by atoms with van der Waals surface area (Å²) in [5.74, 6) is -0.690. The van der Waals surface area contributed by atoms with E-state index in [2.05, 4.69) is 15.6 Å². The highest BCUT2D eigenvalue weighted by Crippen LogP contribution is 2.32. The minimum atomic E-state index is -4.66. The molecule has 0 heterocycles. The molecular weight excluding hydrogens is 539 g/mol. The molecule has 0 saturated carbocycles. The van der Waals surface area contributed by atoms with Gasteiger partial charge in [0.05, 0.1) is 12.1 Å². The van der Waals surface area contributed by atoms with Crippen molar-refractivity contribution < 1.29 is 22.4 Å². The largest absolute Gasteiger partial charge is 0.416 e. The summed E-state index contributed by atoms with van der Waals surface area (Å²) in [5, 5.41) is 6.04. The Morgan fingerprint density at radius 1 is 1.09 bits per heavy atom. The van der Waals surface area contributed by atoms with Crippen molar-refractivity contribution in [2.45, 2.75) is 26.1 Å². The minimum absolute atomic E-state index is 0. The van der Waals surface area contributed by atoms with Crippen molar-refractivity contribution in [1.29, 1.82) is 0 Å². The van der Waals surface area contributed by atoms with Crippen molar-refractivity contribution >= 4 is 35.8 Å². The Bertz CT molecular complexity index is 932. The first-order valence-electron chi connectivity index (χ1n) is 9.80. The van der Waals surface area contributed by atoms with Crippen molar-refractivity contribution in [3.8, 4) is 0 Å². The fourth-order valence-corrected chi connectivity index (χ4v) is 2.90. The van der Waals surface area contributed by atoms with Crippen LogP contribution in [0.25, 0.3) is 0 Å². The molecule has 32 heavy (non-hydrogen) atoms. The first kappa shape index (κ1) is 27.7. The molecule has 0 fully saturated rings. The number of halogens is 5. The molecule has 2 aromatic carbocycles. The summed E-state index contributed by atoms with van der Waals surface area (Å²) in [6.07, 6.45) is -4.07. The zero-order valence-corrected chi connectivity index (χ0v) is 20.4. The highest BCUT2D eigenvalue weighted by atomic mass is 127. The number of amides is 1. The second-order valence-electron chi connectivity index (χ2n) is 7.07. The number of carbonyl (C=O) groups is 1. The van der Waals surface area contributed by atoms with Gasteiger partial charge in [0, 0.05) is 32.7 Å². The van der Waals surface area contributed by atoms with Crippen LogP contribution in [-0.2, 0) is 19.1 Å². The minimum Gasteiger partial charge on any atom is -0.357 e. The number of nitrogens with one attached hydrogen (secondary N) is 2.